The summed E-state index contributed by atoms with van der Waals surface area (Å²) in [5.41, 5.74) is 1.76. The number of hydrogen-bond acceptors (Lipinski definition) is 3. The standard InChI is InChI=1S/C14H18ClNO3S/c1-8-5-9(2)11(20(15,18)19)6-10(8)13(17)16-12-7-14(12,3)4/h5-6,12H,7H2,1-4H3,(H,16,17). The van der Waals surface area contributed by atoms with Crippen LogP contribution >= 0.6 is 10.7 Å². The van der Waals surface area contributed by atoms with E-state index in [-0.39, 0.29) is 22.3 Å². The predicted molar refractivity (Wildman–Crippen MR) is 78.6 cm³/mol. The minimum absolute atomic E-state index is 0.00928. The highest BCUT2D eigenvalue weighted by Gasteiger charge is 2.46. The summed E-state index contributed by atoms with van der Waals surface area (Å²) in [6.45, 7) is 7.60. The molecule has 0 saturated heterocycles. The van der Waals surface area contributed by atoms with Gasteiger partial charge in [0.05, 0.1) is 4.90 Å². The number of rotatable bonds is 3. The van der Waals surface area contributed by atoms with Crippen LogP contribution in [0.15, 0.2) is 17.0 Å². The number of aryl methyl sites for hydroxylation is 2. The highest BCUT2D eigenvalue weighted by molar-refractivity contribution is 8.13. The number of nitrogens with one attached hydrogen (secondary N) is 1. The van der Waals surface area contributed by atoms with Gasteiger partial charge in [-0.15, -0.1) is 0 Å². The van der Waals surface area contributed by atoms with Gasteiger partial charge >= 0.3 is 0 Å². The molecule has 0 radical (unpaired) electrons. The second-order valence-electron chi connectivity index (χ2n) is 6.09. The number of halogens is 1. The second kappa shape index (κ2) is 4.74. The first-order valence-electron chi connectivity index (χ1n) is 6.39. The lowest BCUT2D eigenvalue weighted by Crippen LogP contribution is -2.29. The van der Waals surface area contributed by atoms with Crippen LogP contribution in [-0.2, 0) is 9.05 Å². The van der Waals surface area contributed by atoms with Gasteiger partial charge < -0.3 is 5.32 Å². The number of amides is 1. The van der Waals surface area contributed by atoms with Crippen molar-refractivity contribution in [3.05, 3.63) is 28.8 Å². The van der Waals surface area contributed by atoms with Gasteiger partial charge in [-0.1, -0.05) is 19.9 Å². The summed E-state index contributed by atoms with van der Waals surface area (Å²) in [6.07, 6.45) is 0.935. The van der Waals surface area contributed by atoms with E-state index in [9.17, 15) is 13.2 Å². The quantitative estimate of drug-likeness (QED) is 0.872. The van der Waals surface area contributed by atoms with Crippen LogP contribution < -0.4 is 5.32 Å². The summed E-state index contributed by atoms with van der Waals surface area (Å²) >= 11 is 0. The number of benzene rings is 1. The summed E-state index contributed by atoms with van der Waals surface area (Å²) in [7, 11) is 1.55. The maximum absolute atomic E-state index is 12.2. The van der Waals surface area contributed by atoms with E-state index in [1.54, 1.807) is 19.9 Å². The molecule has 1 fully saturated rings. The normalized spacial score (nSPS) is 20.6. The van der Waals surface area contributed by atoms with Gasteiger partial charge in [-0.25, -0.2) is 8.42 Å². The van der Waals surface area contributed by atoms with E-state index in [0.29, 0.717) is 11.1 Å². The molecule has 2 rings (SSSR count). The third-order valence-corrected chi connectivity index (χ3v) is 5.31. The first-order valence-corrected chi connectivity index (χ1v) is 8.70. The van der Waals surface area contributed by atoms with Crippen molar-refractivity contribution in [1.29, 1.82) is 0 Å². The zero-order valence-corrected chi connectivity index (χ0v) is 13.5. The zero-order chi connectivity index (χ0) is 15.3. The minimum atomic E-state index is -3.85. The third-order valence-electron chi connectivity index (χ3n) is 3.85. The molecule has 0 spiro atoms. The fraction of sp³-hybridized carbons (Fsp3) is 0.500. The fourth-order valence-electron chi connectivity index (χ4n) is 2.29. The van der Waals surface area contributed by atoms with Crippen LogP contribution in [0.5, 0.6) is 0 Å². The van der Waals surface area contributed by atoms with Gasteiger partial charge in [0.15, 0.2) is 0 Å². The Morgan fingerprint density at radius 1 is 1.30 bits per heavy atom. The van der Waals surface area contributed by atoms with Crippen LogP contribution in [0.2, 0.25) is 0 Å². The first-order chi connectivity index (χ1) is 9.02. The summed E-state index contributed by atoms with van der Waals surface area (Å²) in [5, 5.41) is 2.92. The predicted octanol–water partition coefficient (Wildman–Crippen LogP) is 2.76. The van der Waals surface area contributed by atoms with Gasteiger partial charge in [-0.2, -0.15) is 0 Å². The van der Waals surface area contributed by atoms with Crippen LogP contribution in [0.1, 0.15) is 41.8 Å². The zero-order valence-electron chi connectivity index (χ0n) is 12.0. The number of carbonyl (C=O) groups is 1. The average Bonchev–Trinajstić information content (AvgIpc) is 2.83. The third kappa shape index (κ3) is 2.99. The summed E-state index contributed by atoms with van der Waals surface area (Å²) in [6, 6.07) is 3.17. The molecule has 0 bridgehead atoms. The Morgan fingerprint density at radius 2 is 1.85 bits per heavy atom. The van der Waals surface area contributed by atoms with Crippen LogP contribution in [0.4, 0.5) is 0 Å². The van der Waals surface area contributed by atoms with Crippen molar-refractivity contribution in [2.24, 2.45) is 5.41 Å². The lowest BCUT2D eigenvalue weighted by molar-refractivity contribution is 0.0945. The smallest absolute Gasteiger partial charge is 0.261 e. The van der Waals surface area contributed by atoms with Gasteiger partial charge in [-0.05, 0) is 42.9 Å². The summed E-state index contributed by atoms with van der Waals surface area (Å²) in [4.78, 5) is 12.2. The topological polar surface area (TPSA) is 63.2 Å². The van der Waals surface area contributed by atoms with Crippen molar-refractivity contribution in [1.82, 2.24) is 5.32 Å². The van der Waals surface area contributed by atoms with Gasteiger partial charge in [0.2, 0.25) is 0 Å². The van der Waals surface area contributed by atoms with Crippen LogP contribution in [0.25, 0.3) is 0 Å². The molecule has 0 aromatic heterocycles. The lowest BCUT2D eigenvalue weighted by atomic mass is 10.0. The SMILES string of the molecule is Cc1cc(C)c(S(=O)(=O)Cl)cc1C(=O)NC1CC1(C)C. The molecule has 1 aromatic rings. The van der Waals surface area contributed by atoms with Crippen molar-refractivity contribution in [3.8, 4) is 0 Å². The molecule has 6 heteroatoms. The van der Waals surface area contributed by atoms with Crippen molar-refractivity contribution >= 4 is 25.6 Å². The monoisotopic (exact) mass is 315 g/mol. The molecule has 1 aromatic carbocycles. The van der Waals surface area contributed by atoms with Crippen LogP contribution in [0.3, 0.4) is 0 Å². The molecule has 1 aliphatic rings. The lowest BCUT2D eigenvalue weighted by Gasteiger charge is -2.12. The van der Waals surface area contributed by atoms with Crippen molar-refractivity contribution < 1.29 is 13.2 Å². The van der Waals surface area contributed by atoms with Crippen molar-refractivity contribution in [2.45, 2.75) is 45.1 Å². The largest absolute Gasteiger partial charge is 0.349 e. The maximum Gasteiger partial charge on any atom is 0.261 e. The molecule has 110 valence electrons. The van der Waals surface area contributed by atoms with Crippen molar-refractivity contribution in [3.63, 3.8) is 0 Å². The Bertz CT molecular complexity index is 680. The van der Waals surface area contributed by atoms with Gasteiger partial charge in [0.1, 0.15) is 0 Å². The van der Waals surface area contributed by atoms with E-state index in [4.69, 9.17) is 10.7 Å². The maximum atomic E-state index is 12.2. The van der Waals surface area contributed by atoms with Crippen LogP contribution in [-0.4, -0.2) is 20.4 Å². The average molecular weight is 316 g/mol. The highest BCUT2D eigenvalue weighted by atomic mass is 35.7. The van der Waals surface area contributed by atoms with Gasteiger partial charge in [0.25, 0.3) is 15.0 Å². The Balaban J connectivity index is 2.34. The van der Waals surface area contributed by atoms with Crippen LogP contribution in [0, 0.1) is 19.3 Å². The number of carbonyl (C=O) groups excluding carboxylic acids is 1. The fourth-order valence-corrected chi connectivity index (χ4v) is 3.49. The van der Waals surface area contributed by atoms with E-state index in [1.807, 2.05) is 0 Å². The molecule has 4 nitrogen and oxygen atoms in total. The second-order valence-corrected chi connectivity index (χ2v) is 8.62. The molecule has 1 amide bonds. The molecule has 1 saturated carbocycles. The molecular weight excluding hydrogens is 298 g/mol. The van der Waals surface area contributed by atoms with Gasteiger partial charge in [-0.3, -0.25) is 4.79 Å². The molecule has 1 unspecified atom stereocenters. The molecule has 1 atom stereocenters. The molecule has 0 aliphatic heterocycles. The molecular formula is C14H18ClNO3S. The van der Waals surface area contributed by atoms with E-state index in [0.717, 1.165) is 12.0 Å². The van der Waals surface area contributed by atoms with E-state index < -0.39 is 9.05 Å². The summed E-state index contributed by atoms with van der Waals surface area (Å²) in [5.74, 6) is -0.250. The minimum Gasteiger partial charge on any atom is -0.349 e. The molecule has 1 N–H and O–H groups in total. The van der Waals surface area contributed by atoms with E-state index >= 15 is 0 Å². The summed E-state index contributed by atoms with van der Waals surface area (Å²) < 4.78 is 23.0. The Kier molecular flexibility index (Phi) is 3.63. The molecule has 0 heterocycles. The number of hydrogen-bond donors (Lipinski definition) is 1. The van der Waals surface area contributed by atoms with E-state index in [2.05, 4.69) is 19.2 Å². The molecule has 1 aliphatic carbocycles. The van der Waals surface area contributed by atoms with E-state index in [1.165, 1.54) is 6.07 Å². The van der Waals surface area contributed by atoms with Gasteiger partial charge in [0, 0.05) is 22.3 Å². The van der Waals surface area contributed by atoms with Crippen molar-refractivity contribution in [2.75, 3.05) is 0 Å². The highest BCUT2D eigenvalue weighted by Crippen LogP contribution is 2.44. The first kappa shape index (κ1) is 15.3. The Labute approximate surface area is 123 Å². The molecule has 20 heavy (non-hydrogen) atoms. The Hall–Kier alpha value is -1.07. The Morgan fingerprint density at radius 3 is 2.30 bits per heavy atom.